The van der Waals surface area contributed by atoms with Gasteiger partial charge in [-0.15, -0.1) is 0 Å². The first-order valence-corrected chi connectivity index (χ1v) is 6.66. The van der Waals surface area contributed by atoms with Crippen molar-refractivity contribution >= 4 is 5.91 Å². The summed E-state index contributed by atoms with van der Waals surface area (Å²) in [4.78, 5) is 31.5. The van der Waals surface area contributed by atoms with Crippen molar-refractivity contribution in [3.8, 4) is 0 Å². The second-order valence-electron chi connectivity index (χ2n) is 4.86. The van der Waals surface area contributed by atoms with E-state index in [-0.39, 0.29) is 11.1 Å². The van der Waals surface area contributed by atoms with E-state index in [9.17, 15) is 9.59 Å². The van der Waals surface area contributed by atoms with E-state index in [4.69, 9.17) is 4.84 Å². The molecule has 1 heterocycles. The number of carbonyl (C=O) groups excluding carboxylic acids is 1. The highest BCUT2D eigenvalue weighted by molar-refractivity contribution is 5.93. The number of amides is 1. The summed E-state index contributed by atoms with van der Waals surface area (Å²) in [5.74, 6) is -0.188. The molecule has 1 rings (SSSR count). The summed E-state index contributed by atoms with van der Waals surface area (Å²) in [5.41, 5.74) is 3.89. The minimum Gasteiger partial charge on any atom is -0.325 e. The molecule has 1 aromatic heterocycles. The number of hydroxylamine groups is 1. The molecular weight excluding hydrogens is 244 g/mol. The molecule has 0 aromatic carbocycles. The summed E-state index contributed by atoms with van der Waals surface area (Å²) in [6.07, 6.45) is 1.51. The van der Waals surface area contributed by atoms with Gasteiger partial charge in [0.1, 0.15) is 5.56 Å². The third-order valence-corrected chi connectivity index (χ3v) is 2.78. The lowest BCUT2D eigenvalue weighted by atomic mass is 10.1. The van der Waals surface area contributed by atoms with Crippen LogP contribution in [-0.2, 0) is 17.7 Å². The van der Waals surface area contributed by atoms with Gasteiger partial charge in [0.15, 0.2) is 0 Å². The van der Waals surface area contributed by atoms with Crippen LogP contribution in [0.25, 0.3) is 0 Å². The normalized spacial score (nSPS) is 10.8. The van der Waals surface area contributed by atoms with Crippen molar-refractivity contribution in [2.24, 2.45) is 5.92 Å². The van der Waals surface area contributed by atoms with Crippen molar-refractivity contribution in [1.82, 2.24) is 10.5 Å². The highest BCUT2D eigenvalue weighted by Crippen LogP contribution is 2.07. The Labute approximate surface area is 113 Å². The number of hydrogen-bond acceptors (Lipinski definition) is 3. The lowest BCUT2D eigenvalue weighted by molar-refractivity contribution is 0.0207. The molecule has 5 heteroatoms. The number of aryl methyl sites for hydroxylation is 2. The third kappa shape index (κ3) is 4.21. The van der Waals surface area contributed by atoms with E-state index in [0.29, 0.717) is 12.5 Å². The fraction of sp³-hybridized carbons (Fsp3) is 0.571. The van der Waals surface area contributed by atoms with Gasteiger partial charge in [-0.2, -0.15) is 0 Å². The Kier molecular flexibility index (Phi) is 5.76. The van der Waals surface area contributed by atoms with Crippen LogP contribution in [-0.4, -0.2) is 17.5 Å². The largest absolute Gasteiger partial charge is 0.325 e. The van der Waals surface area contributed by atoms with E-state index < -0.39 is 5.91 Å². The van der Waals surface area contributed by atoms with Crippen molar-refractivity contribution in [3.05, 3.63) is 33.2 Å². The molecule has 1 aromatic rings. The van der Waals surface area contributed by atoms with Crippen molar-refractivity contribution in [2.45, 2.75) is 40.5 Å². The summed E-state index contributed by atoms with van der Waals surface area (Å²) in [6.45, 7) is 8.32. The highest BCUT2D eigenvalue weighted by Gasteiger charge is 2.13. The van der Waals surface area contributed by atoms with Crippen LogP contribution in [0.2, 0.25) is 0 Å². The Bertz CT molecular complexity index is 492. The second-order valence-corrected chi connectivity index (χ2v) is 4.86. The summed E-state index contributed by atoms with van der Waals surface area (Å²) in [7, 11) is 0. The van der Waals surface area contributed by atoms with Gasteiger partial charge in [0.2, 0.25) is 0 Å². The molecule has 0 atom stereocenters. The molecule has 0 aliphatic rings. The van der Waals surface area contributed by atoms with Crippen molar-refractivity contribution in [2.75, 3.05) is 6.61 Å². The minimum atomic E-state index is -0.501. The number of aromatic nitrogens is 1. The average Bonchev–Trinajstić information content (AvgIpc) is 2.37. The maximum absolute atomic E-state index is 11.9. The zero-order chi connectivity index (χ0) is 14.4. The Balaban J connectivity index is 2.88. The van der Waals surface area contributed by atoms with Gasteiger partial charge in [0.05, 0.1) is 6.61 Å². The zero-order valence-corrected chi connectivity index (χ0v) is 12.0. The summed E-state index contributed by atoms with van der Waals surface area (Å²) < 4.78 is 0. The molecule has 0 aliphatic carbocycles. The van der Waals surface area contributed by atoms with Crippen LogP contribution < -0.4 is 11.0 Å². The van der Waals surface area contributed by atoms with E-state index in [1.165, 1.54) is 0 Å². The number of rotatable bonds is 6. The SMILES string of the molecule is CCc1cc(C(=O)NOCC(C)C)c(=O)[nH]c1CC. The minimum absolute atomic E-state index is 0.0952. The standard InChI is InChI=1S/C14H22N2O3/c1-5-10-7-11(13(17)15-12(10)6-2)14(18)16-19-8-9(3)4/h7,9H,5-6,8H2,1-4H3,(H,15,17)(H,16,18). The number of hydrogen-bond donors (Lipinski definition) is 2. The van der Waals surface area contributed by atoms with Crippen LogP contribution in [0.1, 0.15) is 49.3 Å². The zero-order valence-electron chi connectivity index (χ0n) is 12.0. The van der Waals surface area contributed by atoms with Gasteiger partial charge in [-0.1, -0.05) is 27.7 Å². The Morgan fingerprint density at radius 1 is 1.37 bits per heavy atom. The first-order valence-electron chi connectivity index (χ1n) is 6.66. The van der Waals surface area contributed by atoms with Gasteiger partial charge in [-0.05, 0) is 30.4 Å². The molecule has 5 nitrogen and oxygen atoms in total. The molecule has 0 fully saturated rings. The van der Waals surface area contributed by atoms with E-state index in [2.05, 4.69) is 10.5 Å². The number of H-pyrrole nitrogens is 1. The van der Waals surface area contributed by atoms with Crippen LogP contribution in [0.3, 0.4) is 0 Å². The smallest absolute Gasteiger partial charge is 0.280 e. The Hall–Kier alpha value is -1.62. The highest BCUT2D eigenvalue weighted by atomic mass is 16.6. The van der Waals surface area contributed by atoms with E-state index in [0.717, 1.165) is 24.1 Å². The van der Waals surface area contributed by atoms with Crippen molar-refractivity contribution in [1.29, 1.82) is 0 Å². The molecule has 0 saturated carbocycles. The predicted octanol–water partition coefficient (Wildman–Crippen LogP) is 1.82. The molecule has 0 bridgehead atoms. The third-order valence-electron chi connectivity index (χ3n) is 2.78. The summed E-state index contributed by atoms with van der Waals surface area (Å²) >= 11 is 0. The average molecular weight is 266 g/mol. The topological polar surface area (TPSA) is 71.2 Å². The summed E-state index contributed by atoms with van der Waals surface area (Å²) in [6, 6.07) is 1.64. The van der Waals surface area contributed by atoms with Crippen LogP contribution in [0.5, 0.6) is 0 Å². The Morgan fingerprint density at radius 3 is 2.58 bits per heavy atom. The van der Waals surface area contributed by atoms with Crippen LogP contribution in [0.4, 0.5) is 0 Å². The lowest BCUT2D eigenvalue weighted by Crippen LogP contribution is -2.31. The number of carbonyl (C=O) groups is 1. The van der Waals surface area contributed by atoms with Crippen LogP contribution >= 0.6 is 0 Å². The lowest BCUT2D eigenvalue weighted by Gasteiger charge is -2.10. The molecule has 0 unspecified atom stereocenters. The van der Waals surface area contributed by atoms with Gasteiger partial charge in [-0.25, -0.2) is 5.48 Å². The number of pyridine rings is 1. The van der Waals surface area contributed by atoms with E-state index in [1.54, 1.807) is 6.07 Å². The van der Waals surface area contributed by atoms with Crippen molar-refractivity contribution in [3.63, 3.8) is 0 Å². The molecule has 1 amide bonds. The molecule has 19 heavy (non-hydrogen) atoms. The molecule has 2 N–H and O–H groups in total. The molecule has 0 spiro atoms. The number of nitrogens with one attached hydrogen (secondary N) is 2. The molecular formula is C14H22N2O3. The first-order chi connectivity index (χ1) is 8.99. The molecule has 0 radical (unpaired) electrons. The van der Waals surface area contributed by atoms with E-state index >= 15 is 0 Å². The van der Waals surface area contributed by atoms with Gasteiger partial charge >= 0.3 is 0 Å². The molecule has 0 aliphatic heterocycles. The first kappa shape index (κ1) is 15.4. The van der Waals surface area contributed by atoms with Gasteiger partial charge in [0.25, 0.3) is 11.5 Å². The monoisotopic (exact) mass is 266 g/mol. The second kappa shape index (κ2) is 7.09. The predicted molar refractivity (Wildman–Crippen MR) is 74.1 cm³/mol. The maximum Gasteiger partial charge on any atom is 0.280 e. The van der Waals surface area contributed by atoms with Crippen molar-refractivity contribution < 1.29 is 9.63 Å². The van der Waals surface area contributed by atoms with Gasteiger partial charge in [-0.3, -0.25) is 14.4 Å². The van der Waals surface area contributed by atoms with Crippen LogP contribution in [0.15, 0.2) is 10.9 Å². The maximum atomic E-state index is 11.9. The fourth-order valence-corrected chi connectivity index (χ4v) is 1.74. The summed E-state index contributed by atoms with van der Waals surface area (Å²) in [5, 5.41) is 0. The van der Waals surface area contributed by atoms with Gasteiger partial charge in [0, 0.05) is 5.69 Å². The number of aromatic amines is 1. The molecule has 106 valence electrons. The Morgan fingerprint density at radius 2 is 2.05 bits per heavy atom. The van der Waals surface area contributed by atoms with Crippen LogP contribution in [0, 0.1) is 5.92 Å². The fourth-order valence-electron chi connectivity index (χ4n) is 1.74. The quantitative estimate of drug-likeness (QED) is 0.771. The molecule has 0 saturated heterocycles. The van der Waals surface area contributed by atoms with Gasteiger partial charge < -0.3 is 4.98 Å². The van der Waals surface area contributed by atoms with E-state index in [1.807, 2.05) is 27.7 Å².